The number of hydrogen-bond acceptors (Lipinski definition) is 4. The van der Waals surface area contributed by atoms with Gasteiger partial charge in [-0.2, -0.15) is 0 Å². The number of para-hydroxylation sites is 3. The molecule has 0 saturated heterocycles. The van der Waals surface area contributed by atoms with Crippen LogP contribution >= 0.6 is 0 Å². The Kier molecular flexibility index (Phi) is 6.40. The van der Waals surface area contributed by atoms with E-state index < -0.39 is 0 Å². The molecule has 7 nitrogen and oxygen atoms in total. The van der Waals surface area contributed by atoms with Crippen molar-refractivity contribution in [2.45, 2.75) is 20.0 Å². The minimum Gasteiger partial charge on any atom is -0.497 e. The fourth-order valence-corrected chi connectivity index (χ4v) is 3.80. The quantitative estimate of drug-likeness (QED) is 0.454. The second-order valence-corrected chi connectivity index (χ2v) is 7.65. The molecule has 3 aromatic carbocycles. The molecule has 4 rings (SSSR count). The number of rotatable bonds is 7. The maximum atomic E-state index is 13.3. The molecule has 0 aliphatic heterocycles. The normalized spacial score (nSPS) is 10.8. The number of anilines is 1. The number of ether oxygens (including phenoxy) is 1. The lowest BCUT2D eigenvalue weighted by molar-refractivity contribution is 0.0781. The largest absolute Gasteiger partial charge is 0.497 e. The van der Waals surface area contributed by atoms with Crippen molar-refractivity contribution in [2.24, 2.45) is 0 Å². The fourth-order valence-electron chi connectivity index (χ4n) is 3.80. The van der Waals surface area contributed by atoms with Crippen LogP contribution in [0.15, 0.2) is 72.8 Å². The van der Waals surface area contributed by atoms with E-state index in [-0.39, 0.29) is 11.8 Å². The molecule has 2 amide bonds. The third kappa shape index (κ3) is 4.57. The van der Waals surface area contributed by atoms with Gasteiger partial charge in [0.1, 0.15) is 11.6 Å². The lowest BCUT2D eigenvalue weighted by Gasteiger charge is -2.19. The molecule has 7 heteroatoms. The Labute approximate surface area is 192 Å². The molecule has 1 N–H and O–H groups in total. The number of benzene rings is 3. The second-order valence-electron chi connectivity index (χ2n) is 7.65. The summed E-state index contributed by atoms with van der Waals surface area (Å²) in [6.45, 7) is 3.16. The van der Waals surface area contributed by atoms with E-state index in [0.717, 1.165) is 23.4 Å². The van der Waals surface area contributed by atoms with Crippen LogP contribution in [0.3, 0.4) is 0 Å². The predicted octanol–water partition coefficient (Wildman–Crippen LogP) is 4.59. The van der Waals surface area contributed by atoms with Gasteiger partial charge in [-0.15, -0.1) is 0 Å². The van der Waals surface area contributed by atoms with Gasteiger partial charge in [0, 0.05) is 19.2 Å². The summed E-state index contributed by atoms with van der Waals surface area (Å²) in [7, 11) is 3.31. The van der Waals surface area contributed by atoms with Crippen molar-refractivity contribution < 1.29 is 14.3 Å². The first-order valence-electron chi connectivity index (χ1n) is 10.8. The lowest BCUT2D eigenvalue weighted by Crippen LogP contribution is -2.29. The number of fused-ring (bicyclic) bond motifs is 1. The van der Waals surface area contributed by atoms with Crippen LogP contribution in [0.2, 0.25) is 0 Å². The molecule has 0 atom stereocenters. The number of amides is 2. The Balaban J connectivity index is 1.54. The molecule has 33 heavy (non-hydrogen) atoms. The summed E-state index contributed by atoms with van der Waals surface area (Å²) in [4.78, 5) is 32.4. The van der Waals surface area contributed by atoms with Crippen molar-refractivity contribution in [3.8, 4) is 5.75 Å². The first kappa shape index (κ1) is 22.1. The van der Waals surface area contributed by atoms with Gasteiger partial charge in [0.15, 0.2) is 0 Å². The van der Waals surface area contributed by atoms with Crippen molar-refractivity contribution in [1.82, 2.24) is 14.5 Å². The van der Waals surface area contributed by atoms with Crippen molar-refractivity contribution in [3.05, 3.63) is 89.7 Å². The minimum atomic E-state index is -0.298. The molecule has 0 fully saturated rings. The molecule has 0 bridgehead atoms. The van der Waals surface area contributed by atoms with Crippen LogP contribution in [0.4, 0.5) is 5.69 Å². The maximum absolute atomic E-state index is 13.3. The highest BCUT2D eigenvalue weighted by Crippen LogP contribution is 2.21. The summed E-state index contributed by atoms with van der Waals surface area (Å²) in [6, 6.07) is 21.8. The number of methoxy groups -OCH3 is 1. The highest BCUT2D eigenvalue weighted by atomic mass is 16.5. The molecular weight excluding hydrogens is 416 g/mol. The van der Waals surface area contributed by atoms with Crippen molar-refractivity contribution in [2.75, 3.05) is 19.5 Å². The van der Waals surface area contributed by atoms with Crippen LogP contribution in [-0.4, -0.2) is 40.4 Å². The monoisotopic (exact) mass is 442 g/mol. The highest BCUT2D eigenvalue weighted by molar-refractivity contribution is 6.09. The van der Waals surface area contributed by atoms with Gasteiger partial charge in [0.25, 0.3) is 11.8 Å². The minimum absolute atomic E-state index is 0.199. The number of hydrogen-bond donors (Lipinski definition) is 1. The standard InChI is InChI=1S/C26H26N4O3/c1-4-30-23-12-8-7-11-22(23)27-24(30)17-29(2)26(32)20-9-5-6-10-21(20)28-25(31)18-13-15-19(33-3)16-14-18/h5-16H,4,17H2,1-3H3,(H,28,31). The van der Waals surface area contributed by atoms with E-state index in [1.807, 2.05) is 24.3 Å². The Morgan fingerprint density at radius 3 is 2.42 bits per heavy atom. The van der Waals surface area contributed by atoms with E-state index in [1.165, 1.54) is 0 Å². The van der Waals surface area contributed by atoms with E-state index in [1.54, 1.807) is 67.6 Å². The molecule has 1 heterocycles. The Morgan fingerprint density at radius 2 is 1.70 bits per heavy atom. The van der Waals surface area contributed by atoms with E-state index in [2.05, 4.69) is 16.8 Å². The third-order valence-electron chi connectivity index (χ3n) is 5.53. The van der Waals surface area contributed by atoms with Crippen LogP contribution in [0.5, 0.6) is 5.75 Å². The Bertz CT molecular complexity index is 1290. The average molecular weight is 443 g/mol. The predicted molar refractivity (Wildman–Crippen MR) is 129 cm³/mol. The van der Waals surface area contributed by atoms with E-state index >= 15 is 0 Å². The number of nitrogens with one attached hydrogen (secondary N) is 1. The summed E-state index contributed by atoms with van der Waals surface area (Å²) in [5, 5.41) is 2.86. The van der Waals surface area contributed by atoms with Gasteiger partial charge in [-0.3, -0.25) is 9.59 Å². The first-order chi connectivity index (χ1) is 16.0. The van der Waals surface area contributed by atoms with Crippen LogP contribution in [0.1, 0.15) is 33.5 Å². The van der Waals surface area contributed by atoms with Crippen LogP contribution in [0.25, 0.3) is 11.0 Å². The lowest BCUT2D eigenvalue weighted by atomic mass is 10.1. The van der Waals surface area contributed by atoms with E-state index in [4.69, 9.17) is 9.72 Å². The van der Waals surface area contributed by atoms with Crippen molar-refractivity contribution >= 4 is 28.5 Å². The zero-order chi connectivity index (χ0) is 23.4. The van der Waals surface area contributed by atoms with Gasteiger partial charge in [-0.1, -0.05) is 24.3 Å². The van der Waals surface area contributed by atoms with Gasteiger partial charge in [-0.25, -0.2) is 4.98 Å². The zero-order valence-corrected chi connectivity index (χ0v) is 18.9. The summed E-state index contributed by atoms with van der Waals surface area (Å²) < 4.78 is 7.25. The molecule has 1 aromatic heterocycles. The average Bonchev–Trinajstić information content (AvgIpc) is 3.20. The topological polar surface area (TPSA) is 76.5 Å². The summed E-state index contributed by atoms with van der Waals surface area (Å²) >= 11 is 0. The van der Waals surface area contributed by atoms with Gasteiger partial charge in [0.2, 0.25) is 0 Å². The van der Waals surface area contributed by atoms with Gasteiger partial charge in [-0.05, 0) is 55.5 Å². The summed E-state index contributed by atoms with van der Waals surface area (Å²) in [6.07, 6.45) is 0. The highest BCUT2D eigenvalue weighted by Gasteiger charge is 2.20. The van der Waals surface area contributed by atoms with Gasteiger partial charge in [0.05, 0.1) is 35.9 Å². The molecule has 0 unspecified atom stereocenters. The van der Waals surface area contributed by atoms with Crippen molar-refractivity contribution in [1.29, 1.82) is 0 Å². The Morgan fingerprint density at radius 1 is 1.00 bits per heavy atom. The smallest absolute Gasteiger partial charge is 0.256 e. The summed E-state index contributed by atoms with van der Waals surface area (Å²) in [5.41, 5.74) is 3.30. The second kappa shape index (κ2) is 9.56. The maximum Gasteiger partial charge on any atom is 0.256 e. The number of carbonyl (C=O) groups excluding carboxylic acids is 2. The van der Waals surface area contributed by atoms with Gasteiger partial charge < -0.3 is 19.5 Å². The van der Waals surface area contributed by atoms with E-state index in [9.17, 15) is 9.59 Å². The molecule has 4 aromatic rings. The first-order valence-corrected chi connectivity index (χ1v) is 10.8. The van der Waals surface area contributed by atoms with Gasteiger partial charge >= 0.3 is 0 Å². The van der Waals surface area contributed by atoms with Crippen LogP contribution in [-0.2, 0) is 13.1 Å². The SMILES string of the molecule is CCn1c(CN(C)C(=O)c2ccccc2NC(=O)c2ccc(OC)cc2)nc2ccccc21. The van der Waals surface area contributed by atoms with E-state index in [0.29, 0.717) is 29.1 Å². The molecule has 0 saturated carbocycles. The summed E-state index contributed by atoms with van der Waals surface area (Å²) in [5.74, 6) is 0.986. The molecule has 0 aliphatic carbocycles. The molecular formula is C26H26N4O3. The zero-order valence-electron chi connectivity index (χ0n) is 18.9. The number of carbonyl (C=O) groups is 2. The van der Waals surface area contributed by atoms with Crippen LogP contribution in [0, 0.1) is 0 Å². The number of aromatic nitrogens is 2. The van der Waals surface area contributed by atoms with Crippen LogP contribution < -0.4 is 10.1 Å². The number of nitrogens with zero attached hydrogens (tertiary/aromatic N) is 3. The fraction of sp³-hybridized carbons (Fsp3) is 0.192. The number of imidazole rings is 1. The molecule has 0 aliphatic rings. The van der Waals surface area contributed by atoms with Crippen molar-refractivity contribution in [3.63, 3.8) is 0 Å². The molecule has 0 spiro atoms. The molecule has 0 radical (unpaired) electrons. The molecule has 168 valence electrons. The Hall–Kier alpha value is -4.13. The number of aryl methyl sites for hydroxylation is 1. The third-order valence-corrected chi connectivity index (χ3v) is 5.53.